The fraction of sp³-hybridized carbons (Fsp3) is 0.600. The van der Waals surface area contributed by atoms with Gasteiger partial charge in [0.1, 0.15) is 0 Å². The minimum absolute atomic E-state index is 0.0592. The lowest BCUT2D eigenvalue weighted by atomic mass is 9.88. The average molecular weight is 180 g/mol. The molecule has 0 saturated heterocycles. The second-order valence-corrected chi connectivity index (χ2v) is 3.89. The molecule has 1 heterocycles. The van der Waals surface area contributed by atoms with Crippen molar-refractivity contribution in [2.24, 2.45) is 0 Å². The first-order valence-corrected chi connectivity index (χ1v) is 4.76. The first-order valence-electron chi connectivity index (χ1n) is 4.76. The van der Waals surface area contributed by atoms with Crippen molar-refractivity contribution in [2.75, 3.05) is 7.05 Å². The zero-order chi connectivity index (χ0) is 9.26. The predicted octanol–water partition coefficient (Wildman–Crippen LogP) is 0.970. The number of nitrogens with zero attached hydrogens (tertiary/aromatic N) is 1. The molecule has 0 aromatic carbocycles. The molecule has 72 valence electrons. The van der Waals surface area contributed by atoms with E-state index in [0.717, 1.165) is 19.4 Å². The van der Waals surface area contributed by atoms with E-state index in [2.05, 4.69) is 23.0 Å². The summed E-state index contributed by atoms with van der Waals surface area (Å²) in [5.41, 5.74) is 1.24. The Labute approximate surface area is 78.4 Å². The van der Waals surface area contributed by atoms with Gasteiger partial charge in [0.15, 0.2) is 0 Å². The molecule has 0 unspecified atom stereocenters. The molecule has 1 saturated carbocycles. The monoisotopic (exact) mass is 180 g/mol. The van der Waals surface area contributed by atoms with Crippen LogP contribution < -0.4 is 0 Å². The maximum Gasteiger partial charge on any atom is 0.0570 e. The summed E-state index contributed by atoms with van der Waals surface area (Å²) in [6.07, 6.45) is 3.74. The van der Waals surface area contributed by atoms with E-state index in [1.54, 1.807) is 0 Å². The van der Waals surface area contributed by atoms with Gasteiger partial charge in [-0.1, -0.05) is 0 Å². The fourth-order valence-corrected chi connectivity index (χ4v) is 1.78. The summed E-state index contributed by atoms with van der Waals surface area (Å²) >= 11 is 0. The number of nitrogens with one attached hydrogen (secondary N) is 1. The summed E-state index contributed by atoms with van der Waals surface area (Å²) in [6, 6.07) is 4.67. The zero-order valence-corrected chi connectivity index (χ0v) is 7.90. The van der Waals surface area contributed by atoms with Crippen LogP contribution in [0.2, 0.25) is 0 Å². The lowest BCUT2D eigenvalue weighted by Crippen LogP contribution is -2.44. The van der Waals surface area contributed by atoms with Crippen LogP contribution in [0.15, 0.2) is 18.3 Å². The lowest BCUT2D eigenvalue weighted by molar-refractivity contribution is 0.00889. The number of H-pyrrole nitrogens is 1. The molecule has 1 fully saturated rings. The molecule has 2 N–H and O–H groups in total. The number of aliphatic hydroxyl groups is 1. The third kappa shape index (κ3) is 1.92. The smallest absolute Gasteiger partial charge is 0.0570 e. The van der Waals surface area contributed by atoms with Crippen LogP contribution in [0.25, 0.3) is 0 Å². The van der Waals surface area contributed by atoms with Crippen LogP contribution in [0.1, 0.15) is 18.5 Å². The standard InChI is InChI=1S/C10H16N2O/c1-12(9-5-10(13)6-9)7-8-3-2-4-11-8/h2-4,9-11,13H,5-7H2,1H3. The summed E-state index contributed by atoms with van der Waals surface area (Å²) in [4.78, 5) is 5.47. The third-order valence-electron chi connectivity index (χ3n) is 2.79. The van der Waals surface area contributed by atoms with Gasteiger partial charge in [0.05, 0.1) is 6.10 Å². The number of rotatable bonds is 3. The Hall–Kier alpha value is -0.800. The molecule has 0 radical (unpaired) electrons. The second-order valence-electron chi connectivity index (χ2n) is 3.89. The highest BCUT2D eigenvalue weighted by Gasteiger charge is 2.30. The molecule has 1 aliphatic carbocycles. The van der Waals surface area contributed by atoms with Crippen molar-refractivity contribution < 1.29 is 5.11 Å². The van der Waals surface area contributed by atoms with E-state index in [1.165, 1.54) is 5.69 Å². The first kappa shape index (κ1) is 8.78. The maximum absolute atomic E-state index is 9.16. The molecule has 13 heavy (non-hydrogen) atoms. The highest BCUT2D eigenvalue weighted by atomic mass is 16.3. The Morgan fingerprint density at radius 1 is 1.62 bits per heavy atom. The van der Waals surface area contributed by atoms with Crippen molar-refractivity contribution in [3.05, 3.63) is 24.0 Å². The van der Waals surface area contributed by atoms with Crippen molar-refractivity contribution in [1.29, 1.82) is 0 Å². The quantitative estimate of drug-likeness (QED) is 0.727. The molecule has 0 spiro atoms. The van der Waals surface area contributed by atoms with E-state index in [0.29, 0.717) is 6.04 Å². The minimum atomic E-state index is -0.0592. The van der Waals surface area contributed by atoms with Gasteiger partial charge in [-0.2, -0.15) is 0 Å². The molecule has 0 atom stereocenters. The van der Waals surface area contributed by atoms with E-state index >= 15 is 0 Å². The van der Waals surface area contributed by atoms with Crippen molar-refractivity contribution in [2.45, 2.75) is 31.5 Å². The zero-order valence-electron chi connectivity index (χ0n) is 7.90. The molecule has 1 aliphatic rings. The second kappa shape index (κ2) is 3.52. The summed E-state index contributed by atoms with van der Waals surface area (Å²) in [7, 11) is 2.11. The van der Waals surface area contributed by atoms with Gasteiger partial charge >= 0.3 is 0 Å². The van der Waals surface area contributed by atoms with Crippen molar-refractivity contribution in [3.63, 3.8) is 0 Å². The molecular weight excluding hydrogens is 164 g/mol. The Morgan fingerprint density at radius 3 is 2.92 bits per heavy atom. The molecule has 2 rings (SSSR count). The Bertz CT molecular complexity index is 252. The molecule has 1 aromatic rings. The number of hydrogen-bond donors (Lipinski definition) is 2. The molecule has 3 nitrogen and oxygen atoms in total. The predicted molar refractivity (Wildman–Crippen MR) is 51.3 cm³/mol. The van der Waals surface area contributed by atoms with Crippen LogP contribution in [0.5, 0.6) is 0 Å². The first-order chi connectivity index (χ1) is 6.25. The Morgan fingerprint density at radius 2 is 2.38 bits per heavy atom. The lowest BCUT2D eigenvalue weighted by Gasteiger charge is -2.38. The fourth-order valence-electron chi connectivity index (χ4n) is 1.78. The summed E-state index contributed by atoms with van der Waals surface area (Å²) < 4.78 is 0. The van der Waals surface area contributed by atoms with E-state index in [4.69, 9.17) is 5.11 Å². The topological polar surface area (TPSA) is 39.3 Å². The van der Waals surface area contributed by atoms with Crippen LogP contribution in [0, 0.1) is 0 Å². The maximum atomic E-state index is 9.16. The molecule has 1 aromatic heterocycles. The summed E-state index contributed by atoms with van der Waals surface area (Å²) in [5.74, 6) is 0. The third-order valence-corrected chi connectivity index (χ3v) is 2.79. The molecule has 0 bridgehead atoms. The van der Waals surface area contributed by atoms with Gasteiger partial charge in [0, 0.05) is 24.5 Å². The number of aliphatic hydroxyl groups excluding tert-OH is 1. The van der Waals surface area contributed by atoms with Gasteiger partial charge in [-0.05, 0) is 32.0 Å². The van der Waals surface area contributed by atoms with Gasteiger partial charge in [0.2, 0.25) is 0 Å². The van der Waals surface area contributed by atoms with Crippen LogP contribution in [-0.4, -0.2) is 34.2 Å². The largest absolute Gasteiger partial charge is 0.393 e. The molecule has 3 heteroatoms. The van der Waals surface area contributed by atoms with Gasteiger partial charge in [-0.25, -0.2) is 0 Å². The van der Waals surface area contributed by atoms with Crippen LogP contribution in [0.3, 0.4) is 0 Å². The van der Waals surface area contributed by atoms with E-state index in [-0.39, 0.29) is 6.10 Å². The number of aromatic amines is 1. The normalized spacial score (nSPS) is 27.6. The van der Waals surface area contributed by atoms with Crippen LogP contribution in [-0.2, 0) is 6.54 Å². The highest BCUT2D eigenvalue weighted by molar-refractivity contribution is 5.04. The molecule has 0 amide bonds. The molecule has 0 aliphatic heterocycles. The van der Waals surface area contributed by atoms with Gasteiger partial charge in [0.25, 0.3) is 0 Å². The average Bonchev–Trinajstić information content (AvgIpc) is 2.51. The van der Waals surface area contributed by atoms with Crippen LogP contribution in [0.4, 0.5) is 0 Å². The van der Waals surface area contributed by atoms with Crippen molar-refractivity contribution in [1.82, 2.24) is 9.88 Å². The van der Waals surface area contributed by atoms with E-state index in [9.17, 15) is 0 Å². The van der Waals surface area contributed by atoms with Gasteiger partial charge < -0.3 is 10.1 Å². The van der Waals surface area contributed by atoms with Crippen molar-refractivity contribution in [3.8, 4) is 0 Å². The van der Waals surface area contributed by atoms with Crippen LogP contribution >= 0.6 is 0 Å². The molecular formula is C10H16N2O. The summed E-state index contributed by atoms with van der Waals surface area (Å²) in [6.45, 7) is 0.949. The minimum Gasteiger partial charge on any atom is -0.393 e. The van der Waals surface area contributed by atoms with Gasteiger partial charge in [-0.15, -0.1) is 0 Å². The van der Waals surface area contributed by atoms with E-state index in [1.807, 2.05) is 12.3 Å². The summed E-state index contributed by atoms with van der Waals surface area (Å²) in [5, 5.41) is 9.16. The van der Waals surface area contributed by atoms with Gasteiger partial charge in [-0.3, -0.25) is 4.90 Å². The number of hydrogen-bond acceptors (Lipinski definition) is 2. The Kier molecular flexibility index (Phi) is 2.38. The highest BCUT2D eigenvalue weighted by Crippen LogP contribution is 2.25. The number of aromatic nitrogens is 1. The Balaban J connectivity index is 1.82. The van der Waals surface area contributed by atoms with Crippen molar-refractivity contribution >= 4 is 0 Å². The van der Waals surface area contributed by atoms with E-state index < -0.39 is 0 Å². The SMILES string of the molecule is CN(Cc1ccc[nH]1)C1CC(O)C1.